The predicted molar refractivity (Wildman–Crippen MR) is 95.6 cm³/mol. The van der Waals surface area contributed by atoms with E-state index in [-0.39, 0.29) is 29.9 Å². The minimum atomic E-state index is -0.312. The number of amides is 1. The quantitative estimate of drug-likeness (QED) is 0.706. The maximum atomic E-state index is 13.1. The van der Waals surface area contributed by atoms with Crippen LogP contribution in [0.15, 0.2) is 46.8 Å². The van der Waals surface area contributed by atoms with Crippen LogP contribution in [0.2, 0.25) is 0 Å². The van der Waals surface area contributed by atoms with Gasteiger partial charge in [-0.2, -0.15) is 0 Å². The van der Waals surface area contributed by atoms with E-state index < -0.39 is 0 Å². The molecule has 26 heavy (non-hydrogen) atoms. The first kappa shape index (κ1) is 16.9. The number of hydrogen-bond donors (Lipinski definition) is 0. The SMILES string of the molecule is O=C(Cn1cnc2sccc2c1=O)N1CCOC(c2ccc(F)cc2)C1. The van der Waals surface area contributed by atoms with E-state index in [0.29, 0.717) is 29.9 Å². The molecule has 2 aromatic heterocycles. The van der Waals surface area contributed by atoms with Gasteiger partial charge in [-0.05, 0) is 29.1 Å². The summed E-state index contributed by atoms with van der Waals surface area (Å²) in [6, 6.07) is 7.79. The number of halogens is 1. The predicted octanol–water partition coefficient (Wildman–Crippen LogP) is 2.20. The Kier molecular flexibility index (Phi) is 4.52. The van der Waals surface area contributed by atoms with Gasteiger partial charge in [-0.25, -0.2) is 9.37 Å². The monoisotopic (exact) mass is 373 g/mol. The van der Waals surface area contributed by atoms with Crippen LogP contribution in [-0.4, -0.2) is 40.1 Å². The van der Waals surface area contributed by atoms with Gasteiger partial charge in [0.2, 0.25) is 5.91 Å². The lowest BCUT2D eigenvalue weighted by molar-refractivity contribution is -0.139. The molecule has 3 aromatic rings. The van der Waals surface area contributed by atoms with Gasteiger partial charge < -0.3 is 9.64 Å². The van der Waals surface area contributed by atoms with Crippen molar-refractivity contribution in [3.8, 4) is 0 Å². The number of rotatable bonds is 3. The van der Waals surface area contributed by atoms with Crippen molar-refractivity contribution in [1.82, 2.24) is 14.5 Å². The maximum absolute atomic E-state index is 13.1. The topological polar surface area (TPSA) is 64.4 Å². The molecule has 4 rings (SSSR count). The molecule has 1 saturated heterocycles. The summed E-state index contributed by atoms with van der Waals surface area (Å²) < 4.78 is 20.1. The number of hydrogen-bond acceptors (Lipinski definition) is 5. The molecule has 0 aliphatic carbocycles. The zero-order valence-corrected chi connectivity index (χ0v) is 14.6. The number of fused-ring (bicyclic) bond motifs is 1. The van der Waals surface area contributed by atoms with Crippen LogP contribution in [0.3, 0.4) is 0 Å². The fraction of sp³-hybridized carbons (Fsp3) is 0.278. The lowest BCUT2D eigenvalue weighted by Crippen LogP contribution is -2.44. The van der Waals surface area contributed by atoms with Crippen molar-refractivity contribution in [3.63, 3.8) is 0 Å². The van der Waals surface area contributed by atoms with Gasteiger partial charge in [-0.1, -0.05) is 12.1 Å². The molecule has 0 spiro atoms. The van der Waals surface area contributed by atoms with E-state index in [9.17, 15) is 14.0 Å². The lowest BCUT2D eigenvalue weighted by Gasteiger charge is -2.33. The van der Waals surface area contributed by atoms with E-state index in [2.05, 4.69) is 4.98 Å². The Hall–Kier alpha value is -2.58. The molecule has 1 unspecified atom stereocenters. The van der Waals surface area contributed by atoms with Crippen LogP contribution >= 0.6 is 11.3 Å². The van der Waals surface area contributed by atoms with Gasteiger partial charge in [-0.15, -0.1) is 11.3 Å². The molecule has 0 bridgehead atoms. The Morgan fingerprint density at radius 3 is 2.92 bits per heavy atom. The molecule has 1 fully saturated rings. The summed E-state index contributed by atoms with van der Waals surface area (Å²) in [6.45, 7) is 1.16. The second kappa shape index (κ2) is 6.97. The Morgan fingerprint density at radius 2 is 2.12 bits per heavy atom. The largest absolute Gasteiger partial charge is 0.370 e. The van der Waals surface area contributed by atoms with Crippen LogP contribution in [0.1, 0.15) is 11.7 Å². The summed E-state index contributed by atoms with van der Waals surface area (Å²) in [5.74, 6) is -0.480. The van der Waals surface area contributed by atoms with Crippen LogP contribution in [0, 0.1) is 5.82 Å². The average Bonchev–Trinajstić information content (AvgIpc) is 3.14. The third-order valence-corrected chi connectivity index (χ3v) is 5.24. The third kappa shape index (κ3) is 3.25. The minimum absolute atomic E-state index is 0.0617. The van der Waals surface area contributed by atoms with Gasteiger partial charge in [0.05, 0.1) is 24.9 Å². The van der Waals surface area contributed by atoms with Crippen molar-refractivity contribution in [1.29, 1.82) is 0 Å². The van der Waals surface area contributed by atoms with E-state index in [1.54, 1.807) is 28.5 Å². The number of ether oxygens (including phenoxy) is 1. The molecule has 1 aliphatic rings. The molecule has 3 heterocycles. The van der Waals surface area contributed by atoms with E-state index >= 15 is 0 Å². The number of morpholine rings is 1. The Balaban J connectivity index is 1.49. The first-order valence-corrected chi connectivity index (χ1v) is 9.07. The highest BCUT2D eigenvalue weighted by molar-refractivity contribution is 7.16. The molecule has 1 aliphatic heterocycles. The number of carbonyl (C=O) groups excluding carboxylic acids is 1. The molecule has 134 valence electrons. The summed E-state index contributed by atoms with van der Waals surface area (Å²) in [5, 5.41) is 2.33. The molecule has 6 nitrogen and oxygen atoms in total. The van der Waals surface area contributed by atoms with Crippen LogP contribution in [0.25, 0.3) is 10.2 Å². The van der Waals surface area contributed by atoms with Crippen molar-refractivity contribution in [2.24, 2.45) is 0 Å². The molecule has 1 atom stereocenters. The first-order valence-electron chi connectivity index (χ1n) is 8.19. The van der Waals surface area contributed by atoms with Gasteiger partial charge in [0.25, 0.3) is 5.56 Å². The van der Waals surface area contributed by atoms with Crippen LogP contribution in [-0.2, 0) is 16.1 Å². The van der Waals surface area contributed by atoms with Crippen LogP contribution in [0.4, 0.5) is 4.39 Å². The standard InChI is InChI=1S/C18H16FN3O3S/c19-13-3-1-12(2-4-13)15-9-21(6-7-25-15)16(23)10-22-11-20-17-14(18(22)24)5-8-26-17/h1-5,8,11,15H,6-7,9-10H2. The normalized spacial score (nSPS) is 17.6. The van der Waals surface area contributed by atoms with Gasteiger partial charge in [0.1, 0.15) is 23.3 Å². The summed E-state index contributed by atoms with van der Waals surface area (Å²) in [7, 11) is 0. The Labute approximate surface area is 152 Å². The second-order valence-electron chi connectivity index (χ2n) is 6.07. The van der Waals surface area contributed by atoms with Crippen molar-refractivity contribution in [2.75, 3.05) is 19.7 Å². The van der Waals surface area contributed by atoms with Gasteiger partial charge in [0, 0.05) is 6.54 Å². The molecule has 0 saturated carbocycles. The average molecular weight is 373 g/mol. The number of aromatic nitrogens is 2. The van der Waals surface area contributed by atoms with Crippen molar-refractivity contribution in [2.45, 2.75) is 12.6 Å². The third-order valence-electron chi connectivity index (χ3n) is 4.42. The number of carbonyl (C=O) groups is 1. The molecular weight excluding hydrogens is 357 g/mol. The van der Waals surface area contributed by atoms with Gasteiger partial charge in [-0.3, -0.25) is 14.2 Å². The van der Waals surface area contributed by atoms with Crippen LogP contribution < -0.4 is 5.56 Å². The zero-order chi connectivity index (χ0) is 18.1. The fourth-order valence-electron chi connectivity index (χ4n) is 3.01. The maximum Gasteiger partial charge on any atom is 0.262 e. The van der Waals surface area contributed by atoms with E-state index in [4.69, 9.17) is 4.74 Å². The highest BCUT2D eigenvalue weighted by Gasteiger charge is 2.25. The zero-order valence-electron chi connectivity index (χ0n) is 13.8. The number of nitrogens with zero attached hydrogens (tertiary/aromatic N) is 3. The number of benzene rings is 1. The van der Waals surface area contributed by atoms with Crippen molar-refractivity contribution < 1.29 is 13.9 Å². The summed E-state index contributed by atoms with van der Waals surface area (Å²) in [6.07, 6.45) is 1.11. The van der Waals surface area contributed by atoms with E-state index in [1.807, 2.05) is 0 Å². The summed E-state index contributed by atoms with van der Waals surface area (Å²) in [5.41, 5.74) is 0.607. The fourth-order valence-corrected chi connectivity index (χ4v) is 3.73. The molecule has 0 radical (unpaired) electrons. The molecule has 0 N–H and O–H groups in total. The summed E-state index contributed by atoms with van der Waals surface area (Å²) in [4.78, 5) is 31.6. The summed E-state index contributed by atoms with van der Waals surface area (Å²) >= 11 is 1.39. The highest BCUT2D eigenvalue weighted by atomic mass is 32.1. The smallest absolute Gasteiger partial charge is 0.262 e. The lowest BCUT2D eigenvalue weighted by atomic mass is 10.1. The molecule has 8 heteroatoms. The second-order valence-corrected chi connectivity index (χ2v) is 6.96. The van der Waals surface area contributed by atoms with Crippen molar-refractivity contribution in [3.05, 3.63) is 63.8 Å². The van der Waals surface area contributed by atoms with E-state index in [0.717, 1.165) is 5.56 Å². The van der Waals surface area contributed by atoms with Crippen molar-refractivity contribution >= 4 is 27.5 Å². The Bertz CT molecular complexity index is 999. The minimum Gasteiger partial charge on any atom is -0.370 e. The first-order chi connectivity index (χ1) is 12.6. The highest BCUT2D eigenvalue weighted by Crippen LogP contribution is 2.22. The van der Waals surface area contributed by atoms with Crippen LogP contribution in [0.5, 0.6) is 0 Å². The van der Waals surface area contributed by atoms with Gasteiger partial charge in [0.15, 0.2) is 0 Å². The Morgan fingerprint density at radius 1 is 1.31 bits per heavy atom. The molecule has 1 amide bonds. The molecular formula is C18H16FN3O3S. The number of thiophene rings is 1. The van der Waals surface area contributed by atoms with Gasteiger partial charge >= 0.3 is 0 Å². The van der Waals surface area contributed by atoms with E-state index in [1.165, 1.54) is 34.4 Å². The molecule has 1 aromatic carbocycles.